The Kier molecular flexibility index (Phi) is 4.83. The molecule has 3 heterocycles. The molecule has 1 aliphatic heterocycles. The van der Waals surface area contributed by atoms with Crippen molar-refractivity contribution < 1.29 is 4.79 Å². The first kappa shape index (κ1) is 15.4. The van der Waals surface area contributed by atoms with Crippen LogP contribution in [0.2, 0.25) is 0 Å². The van der Waals surface area contributed by atoms with E-state index < -0.39 is 0 Å². The van der Waals surface area contributed by atoms with Gasteiger partial charge in [-0.05, 0) is 18.2 Å². The molecule has 0 aromatic carbocycles. The summed E-state index contributed by atoms with van der Waals surface area (Å²) in [7, 11) is 1.86. The normalized spacial score (nSPS) is 16.1. The molecule has 0 atom stereocenters. The molecule has 0 unspecified atom stereocenters. The Morgan fingerprint density at radius 1 is 1.26 bits per heavy atom. The molecule has 23 heavy (non-hydrogen) atoms. The molecule has 2 aromatic heterocycles. The lowest BCUT2D eigenvalue weighted by molar-refractivity contribution is -0.127. The number of nitrogens with zero attached hydrogens (tertiary/aromatic N) is 5. The van der Waals surface area contributed by atoms with E-state index >= 15 is 0 Å². The van der Waals surface area contributed by atoms with Gasteiger partial charge in [-0.15, -0.1) is 0 Å². The van der Waals surface area contributed by atoms with E-state index in [0.29, 0.717) is 0 Å². The van der Waals surface area contributed by atoms with Crippen LogP contribution in [0.15, 0.2) is 42.9 Å². The van der Waals surface area contributed by atoms with Crippen LogP contribution in [0.5, 0.6) is 0 Å². The van der Waals surface area contributed by atoms with Gasteiger partial charge in [-0.25, -0.2) is 0 Å². The SMILES string of the molecule is Cn1cc(C=CC(=O)N2CCN(Cc3ccccn3)CC2)cn1. The van der Waals surface area contributed by atoms with Crippen LogP contribution in [-0.2, 0) is 18.4 Å². The van der Waals surface area contributed by atoms with Crippen LogP contribution in [0, 0.1) is 0 Å². The molecule has 0 spiro atoms. The fourth-order valence-corrected chi connectivity index (χ4v) is 2.65. The van der Waals surface area contributed by atoms with Crippen molar-refractivity contribution in [1.29, 1.82) is 0 Å². The first-order valence-electron chi connectivity index (χ1n) is 7.78. The number of hydrogen-bond donors (Lipinski definition) is 0. The van der Waals surface area contributed by atoms with Crippen LogP contribution in [0.4, 0.5) is 0 Å². The van der Waals surface area contributed by atoms with Crippen molar-refractivity contribution in [3.63, 3.8) is 0 Å². The van der Waals surface area contributed by atoms with Gasteiger partial charge in [-0.1, -0.05) is 6.07 Å². The molecule has 1 saturated heterocycles. The fraction of sp³-hybridized carbons (Fsp3) is 0.353. The second kappa shape index (κ2) is 7.19. The summed E-state index contributed by atoms with van der Waals surface area (Å²) in [5, 5.41) is 4.08. The summed E-state index contributed by atoms with van der Waals surface area (Å²) in [6.07, 6.45) is 8.89. The third-order valence-corrected chi connectivity index (χ3v) is 3.94. The van der Waals surface area contributed by atoms with Crippen LogP contribution in [0.1, 0.15) is 11.3 Å². The molecule has 120 valence electrons. The Bertz CT molecular complexity index is 671. The molecule has 3 rings (SSSR count). The highest BCUT2D eigenvalue weighted by Gasteiger charge is 2.19. The molecule has 6 nitrogen and oxygen atoms in total. The average Bonchev–Trinajstić information content (AvgIpc) is 3.00. The molecule has 0 radical (unpaired) electrons. The number of aromatic nitrogens is 3. The maximum absolute atomic E-state index is 12.2. The van der Waals surface area contributed by atoms with Gasteiger partial charge in [0.05, 0.1) is 11.9 Å². The molecule has 0 N–H and O–H groups in total. The van der Waals surface area contributed by atoms with E-state index in [-0.39, 0.29) is 5.91 Å². The number of piperazine rings is 1. The first-order chi connectivity index (χ1) is 11.2. The zero-order valence-corrected chi connectivity index (χ0v) is 13.3. The van der Waals surface area contributed by atoms with Crippen molar-refractivity contribution in [1.82, 2.24) is 24.6 Å². The summed E-state index contributed by atoms with van der Waals surface area (Å²) in [4.78, 5) is 20.8. The monoisotopic (exact) mass is 311 g/mol. The van der Waals surface area contributed by atoms with Crippen LogP contribution >= 0.6 is 0 Å². The Labute approximate surface area is 136 Å². The van der Waals surface area contributed by atoms with E-state index in [0.717, 1.165) is 44.0 Å². The van der Waals surface area contributed by atoms with Gasteiger partial charge >= 0.3 is 0 Å². The Morgan fingerprint density at radius 2 is 2.09 bits per heavy atom. The highest BCUT2D eigenvalue weighted by Crippen LogP contribution is 2.08. The van der Waals surface area contributed by atoms with E-state index in [2.05, 4.69) is 15.0 Å². The maximum Gasteiger partial charge on any atom is 0.246 e. The minimum Gasteiger partial charge on any atom is -0.337 e. The molecule has 1 fully saturated rings. The van der Waals surface area contributed by atoms with Crippen molar-refractivity contribution >= 4 is 12.0 Å². The summed E-state index contributed by atoms with van der Waals surface area (Å²) in [6.45, 7) is 4.10. The zero-order chi connectivity index (χ0) is 16.1. The Morgan fingerprint density at radius 3 is 2.74 bits per heavy atom. The zero-order valence-electron chi connectivity index (χ0n) is 13.3. The van der Waals surface area contributed by atoms with Crippen molar-refractivity contribution in [2.24, 2.45) is 7.05 Å². The number of pyridine rings is 1. The smallest absolute Gasteiger partial charge is 0.246 e. The minimum atomic E-state index is 0.0614. The van der Waals surface area contributed by atoms with E-state index in [1.807, 2.05) is 48.6 Å². The summed E-state index contributed by atoms with van der Waals surface area (Å²) in [6, 6.07) is 5.97. The van der Waals surface area contributed by atoms with E-state index in [4.69, 9.17) is 0 Å². The van der Waals surface area contributed by atoms with Gasteiger partial charge in [0.15, 0.2) is 0 Å². The van der Waals surface area contributed by atoms with Gasteiger partial charge < -0.3 is 4.90 Å². The number of aryl methyl sites for hydroxylation is 1. The van der Waals surface area contributed by atoms with Gasteiger partial charge in [0, 0.05) is 63.8 Å². The highest BCUT2D eigenvalue weighted by atomic mass is 16.2. The van der Waals surface area contributed by atoms with Crippen LogP contribution in [0.3, 0.4) is 0 Å². The molecule has 6 heteroatoms. The standard InChI is InChI=1S/C17H21N5O/c1-20-13-15(12-19-20)5-6-17(23)22-10-8-21(9-11-22)14-16-4-2-3-7-18-16/h2-7,12-13H,8-11,14H2,1H3. The predicted molar refractivity (Wildman–Crippen MR) is 88.3 cm³/mol. The van der Waals surface area contributed by atoms with Crippen molar-refractivity contribution in [2.75, 3.05) is 26.2 Å². The van der Waals surface area contributed by atoms with E-state index in [9.17, 15) is 4.79 Å². The van der Waals surface area contributed by atoms with Crippen molar-refractivity contribution in [3.05, 3.63) is 54.1 Å². The predicted octanol–water partition coefficient (Wildman–Crippen LogP) is 1.17. The third-order valence-electron chi connectivity index (χ3n) is 3.94. The number of carbonyl (C=O) groups excluding carboxylic acids is 1. The lowest BCUT2D eigenvalue weighted by atomic mass is 10.2. The Balaban J connectivity index is 1.48. The second-order valence-corrected chi connectivity index (χ2v) is 5.70. The highest BCUT2D eigenvalue weighted by molar-refractivity contribution is 5.91. The summed E-state index contributed by atoms with van der Waals surface area (Å²) in [5.74, 6) is 0.0614. The number of hydrogen-bond acceptors (Lipinski definition) is 4. The molecule has 1 aliphatic rings. The Hall–Kier alpha value is -2.47. The average molecular weight is 311 g/mol. The molecular formula is C17H21N5O. The summed E-state index contributed by atoms with van der Waals surface area (Å²) >= 11 is 0. The quantitative estimate of drug-likeness (QED) is 0.796. The number of rotatable bonds is 4. The molecule has 0 saturated carbocycles. The van der Waals surface area contributed by atoms with Gasteiger partial charge in [0.1, 0.15) is 0 Å². The fourth-order valence-electron chi connectivity index (χ4n) is 2.65. The number of amides is 1. The lowest BCUT2D eigenvalue weighted by Crippen LogP contribution is -2.47. The molecular weight excluding hydrogens is 290 g/mol. The van der Waals surface area contributed by atoms with Gasteiger partial charge in [0.2, 0.25) is 5.91 Å². The van der Waals surface area contributed by atoms with Crippen molar-refractivity contribution in [2.45, 2.75) is 6.54 Å². The molecule has 1 amide bonds. The van der Waals surface area contributed by atoms with Gasteiger partial charge in [-0.3, -0.25) is 19.4 Å². The topological polar surface area (TPSA) is 54.3 Å². The first-order valence-corrected chi connectivity index (χ1v) is 7.78. The molecule has 0 bridgehead atoms. The largest absolute Gasteiger partial charge is 0.337 e. The van der Waals surface area contributed by atoms with Crippen molar-refractivity contribution in [3.8, 4) is 0 Å². The van der Waals surface area contributed by atoms with E-state index in [1.165, 1.54) is 0 Å². The maximum atomic E-state index is 12.2. The third kappa shape index (κ3) is 4.26. The van der Waals surface area contributed by atoms with Crippen LogP contribution < -0.4 is 0 Å². The molecule has 2 aromatic rings. The van der Waals surface area contributed by atoms with E-state index in [1.54, 1.807) is 17.0 Å². The minimum absolute atomic E-state index is 0.0614. The molecule has 0 aliphatic carbocycles. The summed E-state index contributed by atoms with van der Waals surface area (Å²) in [5.41, 5.74) is 2.01. The van der Waals surface area contributed by atoms with Crippen LogP contribution in [-0.4, -0.2) is 56.7 Å². The summed E-state index contributed by atoms with van der Waals surface area (Å²) < 4.78 is 1.72. The van der Waals surface area contributed by atoms with Crippen LogP contribution in [0.25, 0.3) is 6.08 Å². The van der Waals surface area contributed by atoms with Gasteiger partial charge in [0.25, 0.3) is 0 Å². The second-order valence-electron chi connectivity index (χ2n) is 5.70. The lowest BCUT2D eigenvalue weighted by Gasteiger charge is -2.34. The number of carbonyl (C=O) groups is 1. The van der Waals surface area contributed by atoms with Gasteiger partial charge in [-0.2, -0.15) is 5.10 Å².